The van der Waals surface area contributed by atoms with Crippen molar-refractivity contribution in [3.05, 3.63) is 27.7 Å². The summed E-state index contributed by atoms with van der Waals surface area (Å²) >= 11 is 10.7. The summed E-state index contributed by atoms with van der Waals surface area (Å²) in [6, 6.07) is 1.65. The highest BCUT2D eigenvalue weighted by Gasteiger charge is 2.35. The molecule has 0 saturated heterocycles. The molecule has 72 valence electrons. The van der Waals surface area contributed by atoms with Crippen molar-refractivity contribution in [1.29, 1.82) is 0 Å². The predicted molar refractivity (Wildman–Crippen MR) is 43.1 cm³/mol. The minimum absolute atomic E-state index is 0.118. The second-order valence-corrected chi connectivity index (χ2v) is 3.04. The fraction of sp³-hybridized carbons (Fsp3) is 0.143. The van der Waals surface area contributed by atoms with Gasteiger partial charge in [-0.05, 0) is 12.1 Å². The van der Waals surface area contributed by atoms with Crippen molar-refractivity contribution in [1.82, 2.24) is 0 Å². The Bertz CT molecular complexity index is 335. The second kappa shape index (κ2) is 3.27. The van der Waals surface area contributed by atoms with Crippen LogP contribution >= 0.6 is 23.2 Å². The molecule has 1 aromatic carbocycles. The fourth-order valence-electron chi connectivity index (χ4n) is 0.769. The summed E-state index contributed by atoms with van der Waals surface area (Å²) in [4.78, 5) is 0. The first-order valence-electron chi connectivity index (χ1n) is 3.08. The molecule has 0 spiro atoms. The Morgan fingerprint density at radius 3 is 2.15 bits per heavy atom. The third kappa shape index (κ3) is 2.00. The summed E-state index contributed by atoms with van der Waals surface area (Å²) < 4.78 is 36.3. The molecule has 0 heterocycles. The monoisotopic (exact) mass is 230 g/mol. The van der Waals surface area contributed by atoms with E-state index in [-0.39, 0.29) is 5.02 Å². The van der Waals surface area contributed by atoms with E-state index in [0.29, 0.717) is 6.07 Å². The SMILES string of the molecule is Oc1c(C(F)(F)F)ccc(Cl)c1Cl. The van der Waals surface area contributed by atoms with Gasteiger partial charge in [-0.25, -0.2) is 0 Å². The van der Waals surface area contributed by atoms with Gasteiger partial charge >= 0.3 is 6.18 Å². The smallest absolute Gasteiger partial charge is 0.420 e. The van der Waals surface area contributed by atoms with Crippen LogP contribution in [0.5, 0.6) is 5.75 Å². The second-order valence-electron chi connectivity index (χ2n) is 2.26. The minimum Gasteiger partial charge on any atom is -0.506 e. The molecule has 0 aliphatic carbocycles. The van der Waals surface area contributed by atoms with E-state index in [2.05, 4.69) is 0 Å². The lowest BCUT2D eigenvalue weighted by molar-refractivity contribution is -0.138. The number of phenols is 1. The van der Waals surface area contributed by atoms with Crippen LogP contribution in [0, 0.1) is 0 Å². The molecule has 0 aliphatic heterocycles. The van der Waals surface area contributed by atoms with Crippen molar-refractivity contribution in [2.24, 2.45) is 0 Å². The number of alkyl halides is 3. The third-order valence-corrected chi connectivity index (χ3v) is 2.17. The number of halogens is 5. The number of hydrogen-bond acceptors (Lipinski definition) is 1. The maximum Gasteiger partial charge on any atom is 0.420 e. The van der Waals surface area contributed by atoms with Crippen molar-refractivity contribution in [3.8, 4) is 5.75 Å². The van der Waals surface area contributed by atoms with Crippen LogP contribution in [-0.4, -0.2) is 5.11 Å². The molecule has 1 aromatic rings. The van der Waals surface area contributed by atoms with Crippen LogP contribution in [0.15, 0.2) is 12.1 Å². The lowest BCUT2D eigenvalue weighted by Gasteiger charge is -2.10. The molecule has 0 fully saturated rings. The van der Waals surface area contributed by atoms with E-state index in [1.807, 2.05) is 0 Å². The average molecular weight is 231 g/mol. The van der Waals surface area contributed by atoms with Gasteiger partial charge in [-0.3, -0.25) is 0 Å². The molecular formula is C7H3Cl2F3O. The van der Waals surface area contributed by atoms with Gasteiger partial charge in [0.2, 0.25) is 0 Å². The first-order valence-corrected chi connectivity index (χ1v) is 3.84. The highest BCUT2D eigenvalue weighted by atomic mass is 35.5. The molecular weight excluding hydrogens is 228 g/mol. The Morgan fingerprint density at radius 2 is 1.69 bits per heavy atom. The highest BCUT2D eigenvalue weighted by molar-refractivity contribution is 6.43. The summed E-state index contributed by atoms with van der Waals surface area (Å²) in [5.41, 5.74) is -1.19. The minimum atomic E-state index is -4.63. The van der Waals surface area contributed by atoms with Crippen molar-refractivity contribution < 1.29 is 18.3 Å². The quantitative estimate of drug-likeness (QED) is 0.721. The van der Waals surface area contributed by atoms with Crippen molar-refractivity contribution in [3.63, 3.8) is 0 Å². The van der Waals surface area contributed by atoms with E-state index in [1.54, 1.807) is 0 Å². The van der Waals surface area contributed by atoms with Gasteiger partial charge < -0.3 is 5.11 Å². The molecule has 0 amide bonds. The first-order chi connectivity index (χ1) is 5.84. The Balaban J connectivity index is 3.35. The van der Waals surface area contributed by atoms with Crippen LogP contribution in [0.3, 0.4) is 0 Å². The van der Waals surface area contributed by atoms with Crippen LogP contribution in [0.4, 0.5) is 13.2 Å². The standard InChI is InChI=1S/C7H3Cl2F3O/c8-4-2-1-3(7(10,11)12)6(13)5(4)9/h1-2,13H. The number of rotatable bonds is 0. The first kappa shape index (κ1) is 10.5. The topological polar surface area (TPSA) is 20.2 Å². The van der Waals surface area contributed by atoms with Crippen LogP contribution < -0.4 is 0 Å². The van der Waals surface area contributed by atoms with E-state index in [4.69, 9.17) is 28.3 Å². The number of hydrogen-bond donors (Lipinski definition) is 1. The maximum absolute atomic E-state index is 12.1. The van der Waals surface area contributed by atoms with Gasteiger partial charge in [0.05, 0.1) is 10.6 Å². The van der Waals surface area contributed by atoms with Crippen molar-refractivity contribution >= 4 is 23.2 Å². The van der Waals surface area contributed by atoms with Gasteiger partial charge in [0, 0.05) is 0 Å². The molecule has 1 rings (SSSR count). The molecule has 0 aliphatic rings. The molecule has 1 nitrogen and oxygen atoms in total. The zero-order chi connectivity index (χ0) is 10.2. The Hall–Kier alpha value is -0.610. The lowest BCUT2D eigenvalue weighted by Crippen LogP contribution is -2.05. The summed E-state index contributed by atoms with van der Waals surface area (Å²) in [7, 11) is 0. The molecule has 0 saturated carbocycles. The van der Waals surface area contributed by atoms with Crippen LogP contribution in [0.1, 0.15) is 5.56 Å². The van der Waals surface area contributed by atoms with E-state index in [9.17, 15) is 13.2 Å². The summed E-state index contributed by atoms with van der Waals surface area (Å²) in [6.45, 7) is 0. The molecule has 0 atom stereocenters. The largest absolute Gasteiger partial charge is 0.506 e. The van der Waals surface area contributed by atoms with Gasteiger partial charge in [-0.1, -0.05) is 23.2 Å². The van der Waals surface area contributed by atoms with Crippen molar-refractivity contribution in [2.45, 2.75) is 6.18 Å². The van der Waals surface area contributed by atoms with Gasteiger partial charge in [0.1, 0.15) is 10.8 Å². The van der Waals surface area contributed by atoms with E-state index in [1.165, 1.54) is 0 Å². The normalized spacial score (nSPS) is 11.8. The predicted octanol–water partition coefficient (Wildman–Crippen LogP) is 3.72. The van der Waals surface area contributed by atoms with Gasteiger partial charge in [0.25, 0.3) is 0 Å². The molecule has 0 unspecified atom stereocenters. The molecule has 0 bridgehead atoms. The van der Waals surface area contributed by atoms with Crippen LogP contribution in [0.25, 0.3) is 0 Å². The maximum atomic E-state index is 12.1. The zero-order valence-corrected chi connectivity index (χ0v) is 7.50. The number of benzene rings is 1. The summed E-state index contributed by atoms with van der Waals surface area (Å²) in [6.07, 6.45) is -4.63. The van der Waals surface area contributed by atoms with Gasteiger partial charge in [0.15, 0.2) is 0 Å². The van der Waals surface area contributed by atoms with Gasteiger partial charge in [-0.15, -0.1) is 0 Å². The van der Waals surface area contributed by atoms with Crippen molar-refractivity contribution in [2.75, 3.05) is 0 Å². The molecule has 0 aromatic heterocycles. The molecule has 6 heteroatoms. The Kier molecular flexibility index (Phi) is 2.63. The molecule has 13 heavy (non-hydrogen) atoms. The number of aromatic hydroxyl groups is 1. The highest BCUT2D eigenvalue weighted by Crippen LogP contribution is 2.42. The zero-order valence-electron chi connectivity index (χ0n) is 5.99. The van der Waals surface area contributed by atoms with Crippen LogP contribution in [0.2, 0.25) is 10.0 Å². The Labute approximate surface area is 81.7 Å². The van der Waals surface area contributed by atoms with E-state index >= 15 is 0 Å². The van der Waals surface area contributed by atoms with E-state index < -0.39 is 22.5 Å². The molecule has 1 N–H and O–H groups in total. The number of phenolic OH excluding ortho intramolecular Hbond substituents is 1. The van der Waals surface area contributed by atoms with Crippen LogP contribution in [-0.2, 0) is 6.18 Å². The van der Waals surface area contributed by atoms with E-state index in [0.717, 1.165) is 6.07 Å². The third-order valence-electron chi connectivity index (χ3n) is 1.37. The lowest BCUT2D eigenvalue weighted by atomic mass is 10.2. The average Bonchev–Trinajstić information content (AvgIpc) is 1.98. The van der Waals surface area contributed by atoms with Gasteiger partial charge in [-0.2, -0.15) is 13.2 Å². The Morgan fingerprint density at radius 1 is 1.15 bits per heavy atom. The molecule has 0 radical (unpaired) electrons. The summed E-state index contributed by atoms with van der Waals surface area (Å²) in [5.74, 6) is -1.04. The summed E-state index contributed by atoms with van der Waals surface area (Å²) in [5, 5.41) is 8.37. The fourth-order valence-corrected chi connectivity index (χ4v) is 1.09.